The molecular formula is C6H8F2N4O. The van der Waals surface area contributed by atoms with Gasteiger partial charge in [-0.05, 0) is 0 Å². The Kier molecular flexibility index (Phi) is 2.45. The zero-order chi connectivity index (χ0) is 10.0. The number of nitrogens with zero attached hydrogens (tertiary/aromatic N) is 2. The standard InChI is InChI=1S/C6H8F2N4O/c1-12-4(13-6(7)8)2-3(11-12)5(9)10/h2,6H,1H3,(H3,9,10). The molecule has 0 bridgehead atoms. The van der Waals surface area contributed by atoms with E-state index in [4.69, 9.17) is 11.1 Å². The van der Waals surface area contributed by atoms with Crippen LogP contribution in [-0.4, -0.2) is 22.2 Å². The molecule has 0 aliphatic heterocycles. The fourth-order valence-corrected chi connectivity index (χ4v) is 0.783. The maximum absolute atomic E-state index is 11.8. The van der Waals surface area contributed by atoms with Gasteiger partial charge in [0, 0.05) is 13.1 Å². The van der Waals surface area contributed by atoms with Crippen LogP contribution in [-0.2, 0) is 7.05 Å². The van der Waals surface area contributed by atoms with Gasteiger partial charge in [0.05, 0.1) is 0 Å². The fourth-order valence-electron chi connectivity index (χ4n) is 0.783. The molecule has 0 amide bonds. The molecule has 0 unspecified atom stereocenters. The second kappa shape index (κ2) is 3.38. The van der Waals surface area contributed by atoms with Crippen molar-refractivity contribution in [1.82, 2.24) is 9.78 Å². The number of nitrogen functional groups attached to an aromatic ring is 1. The quantitative estimate of drug-likeness (QED) is 0.531. The molecule has 0 aliphatic rings. The first-order chi connectivity index (χ1) is 6.00. The Bertz CT molecular complexity index is 322. The van der Waals surface area contributed by atoms with Crippen molar-refractivity contribution in [2.75, 3.05) is 0 Å². The second-order valence-electron chi connectivity index (χ2n) is 2.28. The van der Waals surface area contributed by atoms with Crippen LogP contribution in [0.15, 0.2) is 6.07 Å². The molecule has 0 saturated carbocycles. The number of hydrogen-bond donors (Lipinski definition) is 2. The Balaban J connectivity index is 2.90. The number of rotatable bonds is 3. The van der Waals surface area contributed by atoms with Gasteiger partial charge in [-0.1, -0.05) is 0 Å². The van der Waals surface area contributed by atoms with E-state index in [-0.39, 0.29) is 17.4 Å². The number of nitrogens with two attached hydrogens (primary N) is 1. The number of hydrogen-bond acceptors (Lipinski definition) is 3. The van der Waals surface area contributed by atoms with Crippen molar-refractivity contribution < 1.29 is 13.5 Å². The van der Waals surface area contributed by atoms with Crippen LogP contribution in [0.2, 0.25) is 0 Å². The minimum absolute atomic E-state index is 0.109. The number of amidine groups is 1. The van der Waals surface area contributed by atoms with E-state index in [0.717, 1.165) is 4.68 Å². The molecule has 0 saturated heterocycles. The SMILES string of the molecule is Cn1nc(C(=N)N)cc1OC(F)F. The highest BCUT2D eigenvalue weighted by Crippen LogP contribution is 2.14. The second-order valence-corrected chi connectivity index (χ2v) is 2.28. The van der Waals surface area contributed by atoms with E-state index >= 15 is 0 Å². The molecule has 0 fully saturated rings. The predicted octanol–water partition coefficient (Wildman–Crippen LogP) is 0.306. The molecule has 3 N–H and O–H groups in total. The lowest BCUT2D eigenvalue weighted by atomic mass is 10.4. The van der Waals surface area contributed by atoms with E-state index in [1.807, 2.05) is 0 Å². The third-order valence-electron chi connectivity index (χ3n) is 1.32. The summed E-state index contributed by atoms with van der Waals surface area (Å²) < 4.78 is 28.7. The van der Waals surface area contributed by atoms with Crippen molar-refractivity contribution in [3.05, 3.63) is 11.8 Å². The van der Waals surface area contributed by atoms with E-state index in [9.17, 15) is 8.78 Å². The molecule has 0 aromatic carbocycles. The Morgan fingerprint density at radius 1 is 1.77 bits per heavy atom. The van der Waals surface area contributed by atoms with Crippen LogP contribution in [0, 0.1) is 5.41 Å². The van der Waals surface area contributed by atoms with Crippen LogP contribution in [0.5, 0.6) is 5.88 Å². The lowest BCUT2D eigenvalue weighted by molar-refractivity contribution is -0.0553. The summed E-state index contributed by atoms with van der Waals surface area (Å²) in [6.07, 6.45) is 0. The summed E-state index contributed by atoms with van der Waals surface area (Å²) in [6, 6.07) is 1.18. The molecule has 5 nitrogen and oxygen atoms in total. The summed E-state index contributed by atoms with van der Waals surface area (Å²) in [6.45, 7) is -2.91. The fraction of sp³-hybridized carbons (Fsp3) is 0.333. The van der Waals surface area contributed by atoms with E-state index in [0.29, 0.717) is 0 Å². The summed E-state index contributed by atoms with van der Waals surface area (Å²) in [7, 11) is 1.42. The van der Waals surface area contributed by atoms with Crippen LogP contribution >= 0.6 is 0 Å². The van der Waals surface area contributed by atoms with Crippen molar-refractivity contribution in [1.29, 1.82) is 5.41 Å². The highest BCUT2D eigenvalue weighted by Gasteiger charge is 2.12. The lowest BCUT2D eigenvalue weighted by Crippen LogP contribution is -2.12. The maximum atomic E-state index is 11.8. The molecule has 0 aliphatic carbocycles. The minimum atomic E-state index is -2.91. The van der Waals surface area contributed by atoms with Gasteiger partial charge in [-0.25, -0.2) is 4.68 Å². The number of aromatic nitrogens is 2. The van der Waals surface area contributed by atoms with Crippen LogP contribution in [0.3, 0.4) is 0 Å². The van der Waals surface area contributed by atoms with E-state index in [1.165, 1.54) is 13.1 Å². The molecule has 13 heavy (non-hydrogen) atoms. The average Bonchev–Trinajstić information content (AvgIpc) is 2.31. The van der Waals surface area contributed by atoms with Crippen molar-refractivity contribution in [3.63, 3.8) is 0 Å². The minimum Gasteiger partial charge on any atom is -0.417 e. The monoisotopic (exact) mass is 190 g/mol. The molecular weight excluding hydrogens is 182 g/mol. The molecule has 0 spiro atoms. The van der Waals surface area contributed by atoms with Gasteiger partial charge in [0.25, 0.3) is 0 Å². The first-order valence-corrected chi connectivity index (χ1v) is 3.34. The van der Waals surface area contributed by atoms with Crippen LogP contribution in [0.25, 0.3) is 0 Å². The number of alkyl halides is 2. The number of aryl methyl sites for hydroxylation is 1. The van der Waals surface area contributed by atoms with Crippen LogP contribution in [0.1, 0.15) is 5.69 Å². The molecule has 1 heterocycles. The Morgan fingerprint density at radius 3 is 2.77 bits per heavy atom. The third kappa shape index (κ3) is 2.14. The smallest absolute Gasteiger partial charge is 0.388 e. The molecule has 0 atom stereocenters. The van der Waals surface area contributed by atoms with Gasteiger partial charge in [-0.15, -0.1) is 0 Å². The van der Waals surface area contributed by atoms with Gasteiger partial charge in [0.1, 0.15) is 11.5 Å². The Hall–Kier alpha value is -1.66. The van der Waals surface area contributed by atoms with Gasteiger partial charge < -0.3 is 10.5 Å². The number of nitrogens with one attached hydrogen (secondary N) is 1. The molecule has 0 radical (unpaired) electrons. The van der Waals surface area contributed by atoms with Crippen LogP contribution in [0.4, 0.5) is 8.78 Å². The first kappa shape index (κ1) is 9.43. The zero-order valence-electron chi connectivity index (χ0n) is 6.79. The average molecular weight is 190 g/mol. The zero-order valence-corrected chi connectivity index (χ0v) is 6.79. The largest absolute Gasteiger partial charge is 0.417 e. The highest BCUT2D eigenvalue weighted by atomic mass is 19.3. The van der Waals surface area contributed by atoms with Crippen molar-refractivity contribution >= 4 is 5.84 Å². The van der Waals surface area contributed by atoms with E-state index < -0.39 is 6.61 Å². The molecule has 7 heteroatoms. The van der Waals surface area contributed by atoms with Gasteiger partial charge in [0.2, 0.25) is 5.88 Å². The topological polar surface area (TPSA) is 76.9 Å². The third-order valence-corrected chi connectivity index (χ3v) is 1.32. The Morgan fingerprint density at radius 2 is 2.38 bits per heavy atom. The summed E-state index contributed by atoms with van der Waals surface area (Å²) in [5.41, 5.74) is 5.20. The Labute approximate surface area is 72.6 Å². The van der Waals surface area contributed by atoms with Gasteiger partial charge in [-0.3, -0.25) is 5.41 Å². The van der Waals surface area contributed by atoms with Crippen molar-refractivity contribution in [2.24, 2.45) is 12.8 Å². The van der Waals surface area contributed by atoms with E-state index in [1.54, 1.807) is 0 Å². The van der Waals surface area contributed by atoms with Crippen molar-refractivity contribution in [3.8, 4) is 5.88 Å². The molecule has 1 aromatic rings. The molecule has 1 rings (SSSR count). The summed E-state index contributed by atoms with van der Waals surface area (Å²) in [4.78, 5) is 0. The normalized spacial score (nSPS) is 10.5. The van der Waals surface area contributed by atoms with Gasteiger partial charge in [-0.2, -0.15) is 13.9 Å². The van der Waals surface area contributed by atoms with E-state index in [2.05, 4.69) is 9.84 Å². The summed E-state index contributed by atoms with van der Waals surface area (Å²) in [5, 5.41) is 10.7. The van der Waals surface area contributed by atoms with Crippen molar-refractivity contribution in [2.45, 2.75) is 6.61 Å². The molecule has 72 valence electrons. The molecule has 1 aromatic heterocycles. The van der Waals surface area contributed by atoms with Crippen LogP contribution < -0.4 is 10.5 Å². The number of ether oxygens (including phenoxy) is 1. The summed E-state index contributed by atoms with van der Waals surface area (Å²) in [5.74, 6) is -0.417. The van der Waals surface area contributed by atoms with Gasteiger partial charge in [0.15, 0.2) is 0 Å². The maximum Gasteiger partial charge on any atom is 0.388 e. The van der Waals surface area contributed by atoms with Gasteiger partial charge >= 0.3 is 6.61 Å². The number of halogens is 2. The predicted molar refractivity (Wildman–Crippen MR) is 40.9 cm³/mol. The highest BCUT2D eigenvalue weighted by molar-refractivity contribution is 5.93. The first-order valence-electron chi connectivity index (χ1n) is 3.34. The summed E-state index contributed by atoms with van der Waals surface area (Å²) >= 11 is 0. The lowest BCUT2D eigenvalue weighted by Gasteiger charge is -2.01.